The van der Waals surface area contributed by atoms with Gasteiger partial charge in [-0.1, -0.05) is 104 Å². The summed E-state index contributed by atoms with van der Waals surface area (Å²) in [6, 6.07) is 0.873. The largest absolute Gasteiger partial charge is 0.500 e. The zero-order chi connectivity index (χ0) is 22.3. The summed E-state index contributed by atoms with van der Waals surface area (Å²) in [5, 5.41) is 3.57. The van der Waals surface area contributed by atoms with Crippen molar-refractivity contribution in [1.29, 1.82) is 0 Å². The molecule has 1 unspecified atom stereocenters. The molecule has 0 rings (SSSR count). The van der Waals surface area contributed by atoms with Crippen molar-refractivity contribution in [3.63, 3.8) is 0 Å². The van der Waals surface area contributed by atoms with Crippen LogP contribution in [0.15, 0.2) is 0 Å². The fourth-order valence-corrected chi connectivity index (χ4v) is 5.84. The smallest absolute Gasteiger partial charge is 0.377 e. The van der Waals surface area contributed by atoms with Gasteiger partial charge in [0.1, 0.15) is 0 Å². The van der Waals surface area contributed by atoms with Crippen LogP contribution in [0.1, 0.15) is 117 Å². The Balaban J connectivity index is 3.34. The molecule has 0 aromatic heterocycles. The maximum absolute atomic E-state index is 5.46. The summed E-state index contributed by atoms with van der Waals surface area (Å²) in [5.41, 5.74) is 0. The maximum Gasteiger partial charge on any atom is 0.500 e. The van der Waals surface area contributed by atoms with E-state index in [1.807, 2.05) is 0 Å². The molecule has 0 bridgehead atoms. The Morgan fingerprint density at radius 3 is 1.53 bits per heavy atom. The highest BCUT2D eigenvalue weighted by atomic mass is 28.4. The van der Waals surface area contributed by atoms with Crippen LogP contribution in [0.25, 0.3) is 0 Å². The number of unbranched alkanes of at least 4 members (excludes halogenated alkanes) is 12. The summed E-state index contributed by atoms with van der Waals surface area (Å²) in [6.45, 7) is 6.82. The van der Waals surface area contributed by atoms with Crippen LogP contribution in [-0.4, -0.2) is 43.2 Å². The van der Waals surface area contributed by atoms with Gasteiger partial charge in [-0.25, -0.2) is 0 Å². The molecule has 0 aromatic rings. The van der Waals surface area contributed by atoms with E-state index in [2.05, 4.69) is 19.2 Å². The molecule has 1 N–H and O–H groups in total. The zero-order valence-electron chi connectivity index (χ0n) is 21.2. The molecular weight excluding hydrogens is 390 g/mol. The van der Waals surface area contributed by atoms with Crippen molar-refractivity contribution < 1.29 is 13.3 Å². The van der Waals surface area contributed by atoms with Gasteiger partial charge < -0.3 is 18.6 Å². The van der Waals surface area contributed by atoms with E-state index in [0.29, 0.717) is 0 Å². The van der Waals surface area contributed by atoms with E-state index in [1.165, 1.54) is 96.3 Å². The van der Waals surface area contributed by atoms with Gasteiger partial charge in [0.05, 0.1) is 0 Å². The predicted octanol–water partition coefficient (Wildman–Crippen LogP) is 7.35. The van der Waals surface area contributed by atoms with Gasteiger partial charge in [0.25, 0.3) is 0 Å². The molecule has 0 saturated carbocycles. The maximum atomic E-state index is 5.46. The highest BCUT2D eigenvalue weighted by molar-refractivity contribution is 6.60. The summed E-state index contributed by atoms with van der Waals surface area (Å²) >= 11 is 0. The van der Waals surface area contributed by atoms with Crippen LogP contribution < -0.4 is 5.32 Å². The summed E-state index contributed by atoms with van der Waals surface area (Å²) < 4.78 is 16.4. The lowest BCUT2D eigenvalue weighted by Crippen LogP contribution is -2.43. The molecule has 0 aliphatic carbocycles. The summed E-state index contributed by atoms with van der Waals surface area (Å²) in [6.07, 6.45) is 22.4. The molecule has 0 fully saturated rings. The van der Waals surface area contributed by atoms with Crippen LogP contribution in [-0.2, 0) is 13.3 Å². The van der Waals surface area contributed by atoms with Crippen molar-refractivity contribution in [3.05, 3.63) is 0 Å². The average Bonchev–Trinajstić information content (AvgIpc) is 2.77. The van der Waals surface area contributed by atoms with E-state index >= 15 is 0 Å². The zero-order valence-corrected chi connectivity index (χ0v) is 22.2. The second kappa shape index (κ2) is 22.3. The second-order valence-corrected chi connectivity index (χ2v) is 12.2. The molecule has 1 atom stereocenters. The lowest BCUT2D eigenvalue weighted by atomic mass is 9.98. The topological polar surface area (TPSA) is 39.7 Å². The van der Waals surface area contributed by atoms with Crippen LogP contribution in [0, 0.1) is 5.92 Å². The van der Waals surface area contributed by atoms with Gasteiger partial charge in [-0.15, -0.1) is 0 Å². The van der Waals surface area contributed by atoms with Gasteiger partial charge in [-0.05, 0) is 31.8 Å². The highest BCUT2D eigenvalue weighted by Gasteiger charge is 2.36. The summed E-state index contributed by atoms with van der Waals surface area (Å²) in [7, 11) is 2.67. The van der Waals surface area contributed by atoms with Crippen molar-refractivity contribution in [1.82, 2.24) is 5.32 Å². The van der Waals surface area contributed by atoms with E-state index in [0.717, 1.165) is 31.5 Å². The Labute approximate surface area is 190 Å². The van der Waals surface area contributed by atoms with Gasteiger partial charge >= 0.3 is 8.80 Å². The molecule has 182 valence electrons. The normalized spacial score (nSPS) is 13.1. The van der Waals surface area contributed by atoms with Crippen LogP contribution in [0.5, 0.6) is 0 Å². The van der Waals surface area contributed by atoms with Gasteiger partial charge in [0.2, 0.25) is 0 Å². The quantitative estimate of drug-likeness (QED) is 0.124. The molecule has 0 saturated heterocycles. The van der Waals surface area contributed by atoms with Crippen molar-refractivity contribution in [2.45, 2.75) is 123 Å². The van der Waals surface area contributed by atoms with E-state index in [1.54, 1.807) is 21.3 Å². The third kappa shape index (κ3) is 17.7. The number of hydrogen-bond donors (Lipinski definition) is 1. The molecule has 4 nitrogen and oxygen atoms in total. The lowest BCUT2D eigenvalue weighted by Gasteiger charge is -2.24. The molecule has 30 heavy (non-hydrogen) atoms. The summed E-state index contributed by atoms with van der Waals surface area (Å²) in [4.78, 5) is 0. The number of nitrogens with one attached hydrogen (secondary N) is 1. The molecule has 0 aromatic carbocycles. The van der Waals surface area contributed by atoms with Gasteiger partial charge in [-0.2, -0.15) is 0 Å². The first kappa shape index (κ1) is 30.1. The van der Waals surface area contributed by atoms with Crippen molar-refractivity contribution in [2.75, 3.05) is 34.4 Å². The Bertz CT molecular complexity index is 332. The Kier molecular flexibility index (Phi) is 22.3. The summed E-state index contributed by atoms with van der Waals surface area (Å²) in [5.74, 6) is 0.829. The monoisotopic (exact) mass is 445 g/mol. The minimum atomic E-state index is -2.38. The van der Waals surface area contributed by atoms with E-state index in [4.69, 9.17) is 13.3 Å². The number of hydrogen-bond acceptors (Lipinski definition) is 4. The molecular formula is C25H55NO3Si. The number of rotatable bonds is 24. The molecule has 0 heterocycles. The Hall–Kier alpha value is 0.0569. The van der Waals surface area contributed by atoms with Crippen molar-refractivity contribution in [3.8, 4) is 0 Å². The first-order chi connectivity index (χ1) is 14.6. The SMILES string of the molecule is CCCCCCCCCCCCCCCC(C)CCNCCC[Si](OC)(OC)OC. The first-order valence-electron chi connectivity index (χ1n) is 13.0. The molecule has 0 aliphatic rings. The van der Waals surface area contributed by atoms with Crippen LogP contribution in [0.4, 0.5) is 0 Å². The first-order valence-corrected chi connectivity index (χ1v) is 14.9. The van der Waals surface area contributed by atoms with Crippen molar-refractivity contribution in [2.24, 2.45) is 5.92 Å². The Morgan fingerprint density at radius 2 is 1.07 bits per heavy atom. The van der Waals surface area contributed by atoms with E-state index in [-0.39, 0.29) is 0 Å². The third-order valence-electron chi connectivity index (χ3n) is 6.38. The molecule has 5 heteroatoms. The molecule has 0 spiro atoms. The molecule has 0 amide bonds. The fraction of sp³-hybridized carbons (Fsp3) is 1.00. The highest BCUT2D eigenvalue weighted by Crippen LogP contribution is 2.16. The van der Waals surface area contributed by atoms with E-state index < -0.39 is 8.80 Å². The average molecular weight is 446 g/mol. The van der Waals surface area contributed by atoms with E-state index in [9.17, 15) is 0 Å². The van der Waals surface area contributed by atoms with Crippen molar-refractivity contribution >= 4 is 8.80 Å². The van der Waals surface area contributed by atoms with Gasteiger partial charge in [-0.3, -0.25) is 0 Å². The third-order valence-corrected chi connectivity index (χ3v) is 9.22. The second-order valence-electron chi connectivity index (χ2n) is 9.07. The fourth-order valence-electron chi connectivity index (χ4n) is 4.11. The standard InChI is InChI=1S/C25H55NO3Si/c1-6-7-8-9-10-11-12-13-14-15-16-17-18-20-25(2)21-23-26-22-19-24-30(27-3,28-4)29-5/h25-26H,6-24H2,1-5H3. The minimum Gasteiger partial charge on any atom is -0.377 e. The van der Waals surface area contributed by atoms with Gasteiger partial charge in [0.15, 0.2) is 0 Å². The Morgan fingerprint density at radius 1 is 0.600 bits per heavy atom. The molecule has 0 aliphatic heterocycles. The van der Waals surface area contributed by atoms with Crippen LogP contribution in [0.3, 0.4) is 0 Å². The van der Waals surface area contributed by atoms with Gasteiger partial charge in [0, 0.05) is 27.4 Å². The molecule has 0 radical (unpaired) electrons. The predicted molar refractivity (Wildman–Crippen MR) is 133 cm³/mol. The van der Waals surface area contributed by atoms with Crippen LogP contribution >= 0.6 is 0 Å². The van der Waals surface area contributed by atoms with Crippen LogP contribution in [0.2, 0.25) is 6.04 Å². The lowest BCUT2D eigenvalue weighted by molar-refractivity contribution is 0.123. The minimum absolute atomic E-state index is 0.829.